The molecule has 0 radical (unpaired) electrons. The molecule has 2 atom stereocenters. The average Bonchev–Trinajstić information content (AvgIpc) is 2.35. The molecule has 1 aliphatic rings. The minimum atomic E-state index is -0.153. The van der Waals surface area contributed by atoms with E-state index in [1.807, 2.05) is 0 Å². The maximum Gasteiger partial charge on any atom is 0.122 e. The summed E-state index contributed by atoms with van der Waals surface area (Å²) < 4.78 is 5.39. The van der Waals surface area contributed by atoms with Gasteiger partial charge in [-0.3, -0.25) is 0 Å². The first-order valence-electron chi connectivity index (χ1n) is 6.93. The van der Waals surface area contributed by atoms with Gasteiger partial charge in [0.2, 0.25) is 0 Å². The molecule has 0 bridgehead atoms. The van der Waals surface area contributed by atoms with Crippen LogP contribution in [-0.2, 0) is 5.54 Å². The van der Waals surface area contributed by atoms with E-state index in [4.69, 9.17) is 10.5 Å². The molecule has 0 saturated heterocycles. The summed E-state index contributed by atoms with van der Waals surface area (Å²) in [6, 6.07) is 4.36. The van der Waals surface area contributed by atoms with Gasteiger partial charge in [-0.25, -0.2) is 0 Å². The fourth-order valence-corrected chi connectivity index (χ4v) is 3.28. The summed E-state index contributed by atoms with van der Waals surface area (Å²) in [7, 11) is 1.73. The Labute approximate surface area is 111 Å². The van der Waals surface area contributed by atoms with Gasteiger partial charge in [-0.15, -0.1) is 0 Å². The molecule has 2 heteroatoms. The van der Waals surface area contributed by atoms with Crippen molar-refractivity contribution in [1.29, 1.82) is 0 Å². The van der Waals surface area contributed by atoms with Gasteiger partial charge in [0.25, 0.3) is 0 Å². The highest BCUT2D eigenvalue weighted by Gasteiger charge is 2.37. The zero-order valence-corrected chi connectivity index (χ0v) is 12.0. The average molecular weight is 247 g/mol. The van der Waals surface area contributed by atoms with Crippen molar-refractivity contribution in [3.63, 3.8) is 0 Å². The van der Waals surface area contributed by atoms with Crippen LogP contribution in [0.3, 0.4) is 0 Å². The van der Waals surface area contributed by atoms with E-state index in [2.05, 4.69) is 32.9 Å². The van der Waals surface area contributed by atoms with Crippen molar-refractivity contribution < 1.29 is 4.74 Å². The standard InChI is InChI=1S/C16H25NO/c1-11-10-15(18-4)12(2)9-14(11)16(17)8-6-5-7-13(16)3/h9-10,13H,5-8,17H2,1-4H3. The summed E-state index contributed by atoms with van der Waals surface area (Å²) in [4.78, 5) is 0. The van der Waals surface area contributed by atoms with Gasteiger partial charge >= 0.3 is 0 Å². The largest absolute Gasteiger partial charge is 0.496 e. The zero-order chi connectivity index (χ0) is 13.3. The molecular weight excluding hydrogens is 222 g/mol. The van der Waals surface area contributed by atoms with Gasteiger partial charge in [-0.2, -0.15) is 0 Å². The van der Waals surface area contributed by atoms with Crippen LogP contribution in [0.1, 0.15) is 49.3 Å². The van der Waals surface area contributed by atoms with Crippen molar-refractivity contribution in [1.82, 2.24) is 0 Å². The van der Waals surface area contributed by atoms with E-state index in [1.54, 1.807) is 7.11 Å². The quantitative estimate of drug-likeness (QED) is 0.865. The molecule has 1 aromatic carbocycles. The number of benzene rings is 1. The highest BCUT2D eigenvalue weighted by Crippen LogP contribution is 2.41. The Morgan fingerprint density at radius 2 is 1.94 bits per heavy atom. The molecule has 1 saturated carbocycles. The number of hydrogen-bond donors (Lipinski definition) is 1. The van der Waals surface area contributed by atoms with Crippen molar-refractivity contribution in [2.24, 2.45) is 11.7 Å². The number of methoxy groups -OCH3 is 1. The van der Waals surface area contributed by atoms with Crippen LogP contribution in [0.25, 0.3) is 0 Å². The molecule has 1 fully saturated rings. The van der Waals surface area contributed by atoms with Gasteiger partial charge in [0.05, 0.1) is 7.11 Å². The van der Waals surface area contributed by atoms with E-state index >= 15 is 0 Å². The number of nitrogens with two attached hydrogens (primary N) is 1. The van der Waals surface area contributed by atoms with Gasteiger partial charge in [-0.05, 0) is 55.4 Å². The molecule has 0 aliphatic heterocycles. The highest BCUT2D eigenvalue weighted by molar-refractivity contribution is 5.45. The Morgan fingerprint density at radius 1 is 1.22 bits per heavy atom. The summed E-state index contributed by atoms with van der Waals surface area (Å²) in [6.07, 6.45) is 4.89. The van der Waals surface area contributed by atoms with Crippen LogP contribution in [0.15, 0.2) is 12.1 Å². The van der Waals surface area contributed by atoms with Gasteiger partial charge in [0.15, 0.2) is 0 Å². The van der Waals surface area contributed by atoms with Crippen LogP contribution in [0.2, 0.25) is 0 Å². The molecule has 2 unspecified atom stereocenters. The van der Waals surface area contributed by atoms with Gasteiger partial charge in [-0.1, -0.05) is 25.8 Å². The van der Waals surface area contributed by atoms with Crippen LogP contribution >= 0.6 is 0 Å². The first kappa shape index (κ1) is 13.4. The molecule has 100 valence electrons. The third kappa shape index (κ3) is 2.14. The summed E-state index contributed by atoms with van der Waals surface area (Å²) >= 11 is 0. The van der Waals surface area contributed by atoms with Crippen LogP contribution in [0.4, 0.5) is 0 Å². The molecule has 2 rings (SSSR count). The summed E-state index contributed by atoms with van der Waals surface area (Å²) in [5, 5.41) is 0. The summed E-state index contributed by atoms with van der Waals surface area (Å²) in [6.45, 7) is 6.53. The topological polar surface area (TPSA) is 35.2 Å². The van der Waals surface area contributed by atoms with Crippen LogP contribution < -0.4 is 10.5 Å². The van der Waals surface area contributed by atoms with Gasteiger partial charge in [0, 0.05) is 5.54 Å². The molecule has 1 aromatic rings. The van der Waals surface area contributed by atoms with E-state index in [0.29, 0.717) is 5.92 Å². The predicted octanol–water partition coefficient (Wildman–Crippen LogP) is 3.68. The van der Waals surface area contributed by atoms with Crippen molar-refractivity contribution in [2.45, 2.75) is 52.0 Å². The highest BCUT2D eigenvalue weighted by atomic mass is 16.5. The minimum absolute atomic E-state index is 0.153. The van der Waals surface area contributed by atoms with Crippen LogP contribution in [0.5, 0.6) is 5.75 Å². The number of hydrogen-bond acceptors (Lipinski definition) is 2. The molecule has 2 N–H and O–H groups in total. The SMILES string of the molecule is COc1cc(C)c(C2(N)CCCCC2C)cc1C. The van der Waals surface area contributed by atoms with E-state index < -0.39 is 0 Å². The fourth-order valence-electron chi connectivity index (χ4n) is 3.28. The second-order valence-corrected chi connectivity index (χ2v) is 5.82. The monoisotopic (exact) mass is 247 g/mol. The second-order valence-electron chi connectivity index (χ2n) is 5.82. The van der Waals surface area contributed by atoms with Gasteiger partial charge in [0.1, 0.15) is 5.75 Å². The zero-order valence-electron chi connectivity index (χ0n) is 12.0. The number of aryl methyl sites for hydroxylation is 2. The summed E-state index contributed by atoms with van der Waals surface area (Å²) in [5.41, 5.74) is 10.3. The Kier molecular flexibility index (Phi) is 3.67. The van der Waals surface area contributed by atoms with Gasteiger partial charge < -0.3 is 10.5 Å². The minimum Gasteiger partial charge on any atom is -0.496 e. The smallest absolute Gasteiger partial charge is 0.122 e. The first-order valence-corrected chi connectivity index (χ1v) is 6.93. The lowest BCUT2D eigenvalue weighted by Crippen LogP contribution is -2.45. The normalized spacial score (nSPS) is 28.2. The molecule has 2 nitrogen and oxygen atoms in total. The molecule has 0 spiro atoms. The lowest BCUT2D eigenvalue weighted by molar-refractivity contribution is 0.206. The van der Waals surface area contributed by atoms with Crippen molar-refractivity contribution in [3.05, 3.63) is 28.8 Å². The number of ether oxygens (including phenoxy) is 1. The Morgan fingerprint density at radius 3 is 2.56 bits per heavy atom. The van der Waals surface area contributed by atoms with Crippen LogP contribution in [0, 0.1) is 19.8 Å². The van der Waals surface area contributed by atoms with E-state index in [-0.39, 0.29) is 5.54 Å². The Hall–Kier alpha value is -1.02. The lowest BCUT2D eigenvalue weighted by Gasteiger charge is -2.41. The maximum atomic E-state index is 6.74. The fraction of sp³-hybridized carbons (Fsp3) is 0.625. The Bertz CT molecular complexity index is 441. The molecule has 0 heterocycles. The van der Waals surface area contributed by atoms with Crippen LogP contribution in [-0.4, -0.2) is 7.11 Å². The van der Waals surface area contributed by atoms with E-state index in [9.17, 15) is 0 Å². The molecule has 18 heavy (non-hydrogen) atoms. The molecule has 0 amide bonds. The molecular formula is C16H25NO. The number of rotatable bonds is 2. The second kappa shape index (κ2) is 4.93. The molecule has 0 aromatic heterocycles. The lowest BCUT2D eigenvalue weighted by atomic mass is 9.69. The predicted molar refractivity (Wildman–Crippen MR) is 76.0 cm³/mol. The van der Waals surface area contributed by atoms with E-state index in [1.165, 1.54) is 36.0 Å². The van der Waals surface area contributed by atoms with Crippen molar-refractivity contribution in [2.75, 3.05) is 7.11 Å². The maximum absolute atomic E-state index is 6.74. The third-order valence-corrected chi connectivity index (χ3v) is 4.60. The Balaban J connectivity index is 2.46. The molecule has 1 aliphatic carbocycles. The van der Waals surface area contributed by atoms with Crippen molar-refractivity contribution >= 4 is 0 Å². The first-order chi connectivity index (χ1) is 8.49. The summed E-state index contributed by atoms with van der Waals surface area (Å²) in [5.74, 6) is 1.51. The third-order valence-electron chi connectivity index (χ3n) is 4.60. The van der Waals surface area contributed by atoms with Crippen molar-refractivity contribution in [3.8, 4) is 5.75 Å². The van der Waals surface area contributed by atoms with E-state index in [0.717, 1.165) is 12.2 Å².